The van der Waals surface area contributed by atoms with E-state index in [0.717, 1.165) is 22.6 Å². The zero-order valence-corrected chi connectivity index (χ0v) is 10.3. The molecule has 0 aliphatic carbocycles. The number of rotatable bonds is 4. The van der Waals surface area contributed by atoms with Crippen LogP contribution in [0.3, 0.4) is 0 Å². The summed E-state index contributed by atoms with van der Waals surface area (Å²) in [4.78, 5) is 0. The molecule has 0 aliphatic heterocycles. The third kappa shape index (κ3) is 2.52. The van der Waals surface area contributed by atoms with Crippen LogP contribution in [-0.2, 0) is 0 Å². The Labute approximate surface area is 107 Å². The van der Waals surface area contributed by atoms with Crippen molar-refractivity contribution >= 4 is 23.9 Å². The molecule has 1 aromatic carbocycles. The molecule has 92 valence electrons. The van der Waals surface area contributed by atoms with E-state index in [4.69, 9.17) is 10.3 Å². The van der Waals surface area contributed by atoms with E-state index < -0.39 is 0 Å². The third-order valence-corrected chi connectivity index (χ3v) is 2.67. The molecule has 0 bridgehead atoms. The Kier molecular flexibility index (Phi) is 3.65. The minimum atomic E-state index is 0.805. The van der Waals surface area contributed by atoms with Gasteiger partial charge in [-0.05, 0) is 35.9 Å². The van der Waals surface area contributed by atoms with Gasteiger partial charge in [-0.25, -0.2) is 5.84 Å². The molecule has 2 aromatic rings. The first kappa shape index (κ1) is 12.2. The zero-order chi connectivity index (χ0) is 13.0. The lowest BCUT2D eigenvalue weighted by atomic mass is 10.0. The second-order valence-electron chi connectivity index (χ2n) is 3.94. The number of hydrogen-bond donors (Lipinski definition) is 1. The first-order chi connectivity index (χ1) is 8.72. The van der Waals surface area contributed by atoms with Crippen LogP contribution in [0.25, 0.3) is 18.2 Å². The number of nitrogens with two attached hydrogens (primary N) is 1. The van der Waals surface area contributed by atoms with Crippen molar-refractivity contribution in [3.63, 3.8) is 0 Å². The largest absolute Gasteiger partial charge is 0.465 e. The van der Waals surface area contributed by atoms with E-state index in [-0.39, 0.29) is 0 Å². The highest BCUT2D eigenvalue weighted by Gasteiger charge is 2.05. The van der Waals surface area contributed by atoms with Crippen LogP contribution in [0, 0.1) is 0 Å². The van der Waals surface area contributed by atoms with Crippen LogP contribution in [0.4, 0.5) is 5.69 Å². The summed E-state index contributed by atoms with van der Waals surface area (Å²) in [5.74, 6) is 6.63. The van der Waals surface area contributed by atoms with Crippen LogP contribution in [0.15, 0.2) is 47.6 Å². The van der Waals surface area contributed by atoms with Crippen LogP contribution in [0.2, 0.25) is 0 Å². The molecule has 0 saturated carbocycles. The van der Waals surface area contributed by atoms with Crippen molar-refractivity contribution in [3.8, 4) is 0 Å². The SMILES string of the molecule is C=Cc1cccc(N(C)N)c1/C=C/c1ccco1. The molecule has 3 heteroatoms. The number of anilines is 1. The van der Waals surface area contributed by atoms with Gasteiger partial charge in [0, 0.05) is 12.6 Å². The lowest BCUT2D eigenvalue weighted by Crippen LogP contribution is -2.25. The minimum Gasteiger partial charge on any atom is -0.465 e. The van der Waals surface area contributed by atoms with Gasteiger partial charge in [-0.15, -0.1) is 0 Å². The highest BCUT2D eigenvalue weighted by Crippen LogP contribution is 2.25. The van der Waals surface area contributed by atoms with Crippen LogP contribution in [-0.4, -0.2) is 7.05 Å². The first-order valence-electron chi connectivity index (χ1n) is 5.68. The zero-order valence-electron chi connectivity index (χ0n) is 10.3. The summed E-state index contributed by atoms with van der Waals surface area (Å²) in [5.41, 5.74) is 3.00. The van der Waals surface area contributed by atoms with Gasteiger partial charge in [0.15, 0.2) is 0 Å². The summed E-state index contributed by atoms with van der Waals surface area (Å²) in [7, 11) is 1.81. The van der Waals surface area contributed by atoms with E-state index in [0.29, 0.717) is 0 Å². The number of hydrazine groups is 1. The second-order valence-corrected chi connectivity index (χ2v) is 3.94. The Morgan fingerprint density at radius 2 is 2.06 bits per heavy atom. The molecule has 0 atom stereocenters. The minimum absolute atomic E-state index is 0.805. The van der Waals surface area contributed by atoms with Crippen LogP contribution < -0.4 is 10.9 Å². The molecular formula is C15H16N2O. The molecule has 0 saturated heterocycles. The molecule has 1 aromatic heterocycles. The number of nitrogens with zero attached hydrogens (tertiary/aromatic N) is 1. The second kappa shape index (κ2) is 5.38. The molecule has 0 fully saturated rings. The van der Waals surface area contributed by atoms with Crippen LogP contribution in [0.5, 0.6) is 0 Å². The van der Waals surface area contributed by atoms with Gasteiger partial charge < -0.3 is 9.43 Å². The average Bonchev–Trinajstić information content (AvgIpc) is 2.88. The number of hydrogen-bond acceptors (Lipinski definition) is 3. The van der Waals surface area contributed by atoms with E-state index in [1.165, 1.54) is 0 Å². The van der Waals surface area contributed by atoms with Gasteiger partial charge in [-0.1, -0.05) is 24.8 Å². The number of benzene rings is 1. The standard InChI is InChI=1S/C15H16N2O/c1-3-12-6-4-8-15(17(2)16)14(12)10-9-13-7-5-11-18-13/h3-11H,1,16H2,2H3/b10-9+. The molecule has 0 unspecified atom stereocenters. The van der Waals surface area contributed by atoms with Gasteiger partial charge in [0.05, 0.1) is 12.0 Å². The third-order valence-electron chi connectivity index (χ3n) is 2.67. The molecule has 0 aliphatic rings. The van der Waals surface area contributed by atoms with E-state index >= 15 is 0 Å². The van der Waals surface area contributed by atoms with E-state index in [2.05, 4.69) is 6.58 Å². The van der Waals surface area contributed by atoms with Crippen molar-refractivity contribution in [2.24, 2.45) is 5.84 Å². The quantitative estimate of drug-likeness (QED) is 0.658. The fourth-order valence-corrected chi connectivity index (χ4v) is 1.79. The highest BCUT2D eigenvalue weighted by molar-refractivity contribution is 5.81. The summed E-state index contributed by atoms with van der Waals surface area (Å²) in [6, 6.07) is 9.68. The van der Waals surface area contributed by atoms with E-state index in [1.807, 2.05) is 55.6 Å². The van der Waals surface area contributed by atoms with Gasteiger partial charge in [0.1, 0.15) is 5.76 Å². The van der Waals surface area contributed by atoms with E-state index in [9.17, 15) is 0 Å². The number of furan rings is 1. The van der Waals surface area contributed by atoms with E-state index in [1.54, 1.807) is 11.3 Å². The summed E-state index contributed by atoms with van der Waals surface area (Å²) >= 11 is 0. The molecule has 0 spiro atoms. The maximum atomic E-state index is 5.83. The fourth-order valence-electron chi connectivity index (χ4n) is 1.79. The van der Waals surface area contributed by atoms with Gasteiger partial charge in [-0.2, -0.15) is 0 Å². The van der Waals surface area contributed by atoms with Gasteiger partial charge in [0.25, 0.3) is 0 Å². The molecular weight excluding hydrogens is 224 g/mol. The lowest BCUT2D eigenvalue weighted by molar-refractivity contribution is 0.557. The molecule has 18 heavy (non-hydrogen) atoms. The lowest BCUT2D eigenvalue weighted by Gasteiger charge is -2.16. The van der Waals surface area contributed by atoms with Crippen molar-refractivity contribution in [2.45, 2.75) is 0 Å². The summed E-state index contributed by atoms with van der Waals surface area (Å²) in [6.45, 7) is 3.82. The Hall–Kier alpha value is -2.26. The van der Waals surface area contributed by atoms with Gasteiger partial charge >= 0.3 is 0 Å². The molecule has 2 rings (SSSR count). The summed E-state index contributed by atoms with van der Waals surface area (Å²) in [5, 5.41) is 1.59. The van der Waals surface area contributed by atoms with Crippen LogP contribution >= 0.6 is 0 Å². The summed E-state index contributed by atoms with van der Waals surface area (Å²) in [6.07, 6.45) is 7.35. The van der Waals surface area contributed by atoms with Crippen molar-refractivity contribution in [1.82, 2.24) is 0 Å². The Balaban J connectivity index is 2.44. The van der Waals surface area contributed by atoms with Crippen molar-refractivity contribution in [3.05, 3.63) is 60.1 Å². The maximum Gasteiger partial charge on any atom is 0.126 e. The molecule has 0 radical (unpaired) electrons. The Morgan fingerprint density at radius 3 is 2.67 bits per heavy atom. The Bertz CT molecular complexity index is 554. The molecule has 2 N–H and O–H groups in total. The van der Waals surface area contributed by atoms with Gasteiger partial charge in [0.2, 0.25) is 0 Å². The molecule has 0 amide bonds. The van der Waals surface area contributed by atoms with Crippen molar-refractivity contribution in [2.75, 3.05) is 12.1 Å². The highest BCUT2D eigenvalue weighted by atomic mass is 16.3. The predicted molar refractivity (Wildman–Crippen MR) is 76.8 cm³/mol. The molecule has 3 nitrogen and oxygen atoms in total. The summed E-state index contributed by atoms with van der Waals surface area (Å²) < 4.78 is 5.27. The normalized spacial score (nSPS) is 10.8. The van der Waals surface area contributed by atoms with Crippen LogP contribution in [0.1, 0.15) is 16.9 Å². The topological polar surface area (TPSA) is 42.4 Å². The molecule has 1 heterocycles. The van der Waals surface area contributed by atoms with Crippen molar-refractivity contribution < 1.29 is 4.42 Å². The fraction of sp³-hybridized carbons (Fsp3) is 0.0667. The maximum absolute atomic E-state index is 5.83. The van der Waals surface area contributed by atoms with Gasteiger partial charge in [-0.3, -0.25) is 0 Å². The Morgan fingerprint density at radius 1 is 1.22 bits per heavy atom. The van der Waals surface area contributed by atoms with Crippen molar-refractivity contribution in [1.29, 1.82) is 0 Å². The smallest absolute Gasteiger partial charge is 0.126 e. The monoisotopic (exact) mass is 240 g/mol. The first-order valence-corrected chi connectivity index (χ1v) is 5.68. The average molecular weight is 240 g/mol. The predicted octanol–water partition coefficient (Wildman–Crippen LogP) is 3.40.